The van der Waals surface area contributed by atoms with Crippen LogP contribution in [0.1, 0.15) is 53.3 Å². The molecule has 0 radical (unpaired) electrons. The second kappa shape index (κ2) is 11.5. The highest BCUT2D eigenvalue weighted by molar-refractivity contribution is 7.91. The first kappa shape index (κ1) is 35.6. The number of nitrogens with zero attached hydrogens (tertiary/aromatic N) is 2. The second-order valence-corrected chi connectivity index (χ2v) is 25.5. The fourth-order valence-corrected chi connectivity index (χ4v) is 8.35. The van der Waals surface area contributed by atoms with Gasteiger partial charge in [0.15, 0.2) is 28.5 Å². The van der Waals surface area contributed by atoms with Crippen LogP contribution in [0.2, 0.25) is 36.3 Å². The standard InChI is InChI=1S/C28H49N3O9SSi2/c1-18-16-31(25(34)30(8)23(18)33)24-22(39-43(11,12)27(5,6)7)28(20(38-24)17-37-42(9,10)26(2,3)4)21(29)19(14-13-15-32)41(35,36)40-28/h13-14,16,20,22,24,32H,15,17,29H2,1-12H3/b14-13+/t20?,22-,24+,28?/m0/s1. The molecule has 3 N–H and O–H groups in total. The average molecular weight is 660 g/mol. The van der Waals surface area contributed by atoms with Gasteiger partial charge in [0, 0.05) is 18.8 Å². The smallest absolute Gasteiger partial charge is 0.332 e. The quantitative estimate of drug-likeness (QED) is 0.314. The van der Waals surface area contributed by atoms with Crippen LogP contribution in [0, 0.1) is 6.92 Å². The number of aromatic nitrogens is 2. The molecule has 1 aromatic heterocycles. The van der Waals surface area contributed by atoms with Crippen LogP contribution >= 0.6 is 0 Å². The normalized spacial score (nSPS) is 26.8. The molecule has 0 aromatic carbocycles. The van der Waals surface area contributed by atoms with E-state index in [1.165, 1.54) is 30.0 Å². The molecule has 3 rings (SSSR count). The lowest BCUT2D eigenvalue weighted by atomic mass is 9.88. The summed E-state index contributed by atoms with van der Waals surface area (Å²) in [6.07, 6.45) is 0.255. The summed E-state index contributed by atoms with van der Waals surface area (Å²) < 4.78 is 55.4. The second-order valence-electron chi connectivity index (χ2n) is 14.4. The zero-order valence-corrected chi connectivity index (χ0v) is 30.3. The van der Waals surface area contributed by atoms with Crippen molar-refractivity contribution < 1.29 is 31.3 Å². The summed E-state index contributed by atoms with van der Waals surface area (Å²) in [5, 5.41) is 8.90. The lowest BCUT2D eigenvalue weighted by molar-refractivity contribution is -0.0566. The number of aliphatic hydroxyl groups is 1. The molecule has 1 spiro atoms. The van der Waals surface area contributed by atoms with Crippen LogP contribution in [0.5, 0.6) is 0 Å². The average Bonchev–Trinajstić information content (AvgIpc) is 3.25. The van der Waals surface area contributed by atoms with Crippen molar-refractivity contribution in [2.75, 3.05) is 13.2 Å². The molecule has 15 heteroatoms. The lowest BCUT2D eigenvalue weighted by Crippen LogP contribution is -2.59. The molecule has 2 aliphatic heterocycles. The van der Waals surface area contributed by atoms with Crippen molar-refractivity contribution in [3.8, 4) is 0 Å². The summed E-state index contributed by atoms with van der Waals surface area (Å²) in [5.41, 5.74) is 3.80. The van der Waals surface area contributed by atoms with Crippen LogP contribution in [0.3, 0.4) is 0 Å². The van der Waals surface area contributed by atoms with E-state index < -0.39 is 68.6 Å². The minimum absolute atomic E-state index is 0.100. The summed E-state index contributed by atoms with van der Waals surface area (Å²) in [7, 11) is -8.24. The van der Waals surface area contributed by atoms with Crippen molar-refractivity contribution in [1.29, 1.82) is 0 Å². The van der Waals surface area contributed by atoms with Crippen molar-refractivity contribution in [2.45, 2.75) is 109 Å². The predicted octanol–water partition coefficient (Wildman–Crippen LogP) is 2.98. The number of ether oxygens (including phenoxy) is 1. The molecule has 2 unspecified atom stereocenters. The Kier molecular flexibility index (Phi) is 9.52. The van der Waals surface area contributed by atoms with E-state index in [-0.39, 0.29) is 32.8 Å². The number of hydrogen-bond acceptors (Lipinski definition) is 10. The van der Waals surface area contributed by atoms with Gasteiger partial charge in [-0.25, -0.2) is 8.98 Å². The molecule has 1 aromatic rings. The molecule has 12 nitrogen and oxygen atoms in total. The summed E-state index contributed by atoms with van der Waals surface area (Å²) >= 11 is 0. The molecule has 1 saturated heterocycles. The zero-order chi connectivity index (χ0) is 33.1. The Hall–Kier alpha value is -1.86. The van der Waals surface area contributed by atoms with E-state index in [1.54, 1.807) is 6.92 Å². The molecule has 244 valence electrons. The molecule has 1 fully saturated rings. The van der Waals surface area contributed by atoms with Gasteiger partial charge in [-0.3, -0.25) is 13.9 Å². The van der Waals surface area contributed by atoms with Crippen molar-refractivity contribution in [1.82, 2.24) is 9.13 Å². The van der Waals surface area contributed by atoms with Gasteiger partial charge in [0.2, 0.25) is 0 Å². The topological polar surface area (TPSA) is 161 Å². The van der Waals surface area contributed by atoms with Crippen LogP contribution in [0.4, 0.5) is 0 Å². The Morgan fingerprint density at radius 3 is 2.16 bits per heavy atom. The number of nitrogens with two attached hydrogens (primary N) is 1. The first-order valence-corrected chi connectivity index (χ1v) is 21.6. The summed E-state index contributed by atoms with van der Waals surface area (Å²) in [6, 6.07) is 0. The van der Waals surface area contributed by atoms with E-state index in [9.17, 15) is 23.1 Å². The Balaban J connectivity index is 2.39. The first-order valence-electron chi connectivity index (χ1n) is 14.3. The molecule has 0 bridgehead atoms. The predicted molar refractivity (Wildman–Crippen MR) is 170 cm³/mol. The van der Waals surface area contributed by atoms with Crippen LogP contribution in [-0.2, 0) is 34.9 Å². The molecule has 0 aliphatic carbocycles. The van der Waals surface area contributed by atoms with E-state index in [1.807, 2.05) is 33.9 Å². The zero-order valence-electron chi connectivity index (χ0n) is 27.5. The Morgan fingerprint density at radius 2 is 1.65 bits per heavy atom. The Morgan fingerprint density at radius 1 is 1.09 bits per heavy atom. The minimum atomic E-state index is -4.45. The van der Waals surface area contributed by atoms with E-state index in [0.717, 1.165) is 4.57 Å². The van der Waals surface area contributed by atoms with Gasteiger partial charge in [-0.15, -0.1) is 0 Å². The third kappa shape index (κ3) is 6.19. The van der Waals surface area contributed by atoms with Crippen molar-refractivity contribution in [3.05, 3.63) is 55.4 Å². The molecular weight excluding hydrogens is 611 g/mol. The summed E-state index contributed by atoms with van der Waals surface area (Å²) in [5.74, 6) is 0. The third-order valence-corrected chi connectivity index (χ3v) is 19.8. The van der Waals surface area contributed by atoms with Crippen molar-refractivity contribution in [2.24, 2.45) is 12.8 Å². The molecular formula is C28H49N3O9SSi2. The minimum Gasteiger partial charge on any atom is -0.414 e. The number of allylic oxidation sites excluding steroid dienone is 1. The number of aryl methyl sites for hydroxylation is 1. The fraction of sp³-hybridized carbons (Fsp3) is 0.714. The number of aliphatic hydroxyl groups excluding tert-OH is 1. The maximum Gasteiger partial charge on any atom is 0.332 e. The Bertz CT molecular complexity index is 1530. The number of hydrogen-bond donors (Lipinski definition) is 2. The highest BCUT2D eigenvalue weighted by Gasteiger charge is 2.68. The third-order valence-electron chi connectivity index (χ3n) is 9.43. The molecule has 4 atom stereocenters. The number of rotatable bonds is 8. The highest BCUT2D eigenvalue weighted by atomic mass is 32.2. The van der Waals surface area contributed by atoms with Gasteiger partial charge in [0.25, 0.3) is 15.7 Å². The van der Waals surface area contributed by atoms with Gasteiger partial charge < -0.3 is 24.4 Å². The SMILES string of the molecule is Cc1cn([C@@H]2OC(CO[Si](C)(C)C(C)(C)C)C3(OS(=O)(=O)C(/C=C/CO)=C3N)[C@H]2O[Si](C)(C)C(C)(C)C)c(=O)n(C)c1=O. The molecule has 0 amide bonds. The van der Waals surface area contributed by atoms with E-state index in [2.05, 4.69) is 33.9 Å². The van der Waals surface area contributed by atoms with E-state index in [4.69, 9.17) is 23.5 Å². The summed E-state index contributed by atoms with van der Waals surface area (Å²) in [4.78, 5) is 25.8. The molecule has 3 heterocycles. The maximum absolute atomic E-state index is 13.6. The van der Waals surface area contributed by atoms with E-state index in [0.29, 0.717) is 0 Å². The lowest BCUT2D eigenvalue weighted by Gasteiger charge is -2.43. The fourth-order valence-electron chi connectivity index (χ4n) is 4.64. The van der Waals surface area contributed by atoms with Gasteiger partial charge in [-0.05, 0) is 49.3 Å². The van der Waals surface area contributed by atoms with Crippen LogP contribution in [0.15, 0.2) is 38.5 Å². The highest BCUT2D eigenvalue weighted by Crippen LogP contribution is 2.53. The van der Waals surface area contributed by atoms with Crippen LogP contribution in [0.25, 0.3) is 0 Å². The first-order chi connectivity index (χ1) is 19.4. The Labute approximate surface area is 256 Å². The monoisotopic (exact) mass is 659 g/mol. The van der Waals surface area contributed by atoms with Crippen molar-refractivity contribution in [3.63, 3.8) is 0 Å². The summed E-state index contributed by atoms with van der Waals surface area (Å²) in [6.45, 7) is 21.4. The molecule has 2 aliphatic rings. The van der Waals surface area contributed by atoms with Crippen LogP contribution < -0.4 is 17.0 Å². The maximum atomic E-state index is 13.6. The van der Waals surface area contributed by atoms with Gasteiger partial charge in [-0.2, -0.15) is 8.42 Å². The molecule has 43 heavy (non-hydrogen) atoms. The molecule has 0 saturated carbocycles. The van der Waals surface area contributed by atoms with E-state index >= 15 is 0 Å². The van der Waals surface area contributed by atoms with Gasteiger partial charge in [0.05, 0.1) is 18.9 Å². The van der Waals surface area contributed by atoms with Crippen LogP contribution in [-0.4, -0.2) is 70.3 Å². The van der Waals surface area contributed by atoms with Gasteiger partial charge in [0.1, 0.15) is 17.1 Å². The largest absolute Gasteiger partial charge is 0.414 e. The van der Waals surface area contributed by atoms with Gasteiger partial charge >= 0.3 is 5.69 Å². The van der Waals surface area contributed by atoms with Crippen molar-refractivity contribution >= 4 is 26.8 Å². The van der Waals surface area contributed by atoms with Gasteiger partial charge in [-0.1, -0.05) is 47.6 Å².